The first-order valence-corrected chi connectivity index (χ1v) is 14.4. The fourth-order valence-corrected chi connectivity index (χ4v) is 5.35. The number of hydrogen-bond acceptors (Lipinski definition) is 8. The fraction of sp³-hybridized carbons (Fsp3) is 0.273. The van der Waals surface area contributed by atoms with Gasteiger partial charge in [0.15, 0.2) is 0 Å². The number of fused-ring (bicyclic) bond motifs is 3. The molecule has 3 aliphatic rings. The summed E-state index contributed by atoms with van der Waals surface area (Å²) in [6.07, 6.45) is 8.48. The van der Waals surface area contributed by atoms with E-state index in [-0.39, 0.29) is 17.4 Å². The van der Waals surface area contributed by atoms with E-state index in [0.717, 1.165) is 56.1 Å². The van der Waals surface area contributed by atoms with E-state index in [1.54, 1.807) is 43.8 Å². The van der Waals surface area contributed by atoms with Crippen LogP contribution in [0, 0.1) is 5.82 Å². The minimum atomic E-state index is -0.380. The lowest BCUT2D eigenvalue weighted by Crippen LogP contribution is -2.38. The van der Waals surface area contributed by atoms with Gasteiger partial charge in [-0.2, -0.15) is 0 Å². The molecule has 2 aliphatic heterocycles. The first kappa shape index (κ1) is 28.4. The van der Waals surface area contributed by atoms with E-state index in [2.05, 4.69) is 25.5 Å². The quantitative estimate of drug-likeness (QED) is 0.358. The number of nitrogens with zero attached hydrogens (tertiary/aromatic N) is 4. The Morgan fingerprint density at radius 3 is 2.79 bits per heavy atom. The zero-order valence-corrected chi connectivity index (χ0v) is 24.0. The normalized spacial score (nSPS) is 16.4. The number of rotatable bonds is 9. The predicted molar refractivity (Wildman–Crippen MR) is 165 cm³/mol. The number of allylic oxidation sites excluding steroid dienone is 4. The van der Waals surface area contributed by atoms with Crippen molar-refractivity contribution < 1.29 is 18.7 Å². The Labute approximate surface area is 249 Å². The number of anilines is 2. The van der Waals surface area contributed by atoms with E-state index in [1.807, 2.05) is 30.3 Å². The molecular weight excluding hydrogens is 547 g/mol. The van der Waals surface area contributed by atoms with Crippen LogP contribution in [0.2, 0.25) is 0 Å². The summed E-state index contributed by atoms with van der Waals surface area (Å²) in [7, 11) is 1.61. The summed E-state index contributed by atoms with van der Waals surface area (Å²) in [5.74, 6) is 0.419. The summed E-state index contributed by atoms with van der Waals surface area (Å²) in [4.78, 5) is 29.6. The molecule has 9 nitrogen and oxygen atoms in total. The highest BCUT2D eigenvalue weighted by Crippen LogP contribution is 2.40. The van der Waals surface area contributed by atoms with Gasteiger partial charge in [0.05, 0.1) is 26.0 Å². The molecule has 3 aromatic rings. The van der Waals surface area contributed by atoms with Gasteiger partial charge in [-0.1, -0.05) is 30.3 Å². The summed E-state index contributed by atoms with van der Waals surface area (Å²) >= 11 is 0. The van der Waals surface area contributed by atoms with Gasteiger partial charge >= 0.3 is 0 Å². The minimum absolute atomic E-state index is 0.206. The highest BCUT2D eigenvalue weighted by Gasteiger charge is 2.27. The van der Waals surface area contributed by atoms with Gasteiger partial charge in [-0.3, -0.25) is 14.7 Å². The summed E-state index contributed by atoms with van der Waals surface area (Å²) < 4.78 is 25.9. The van der Waals surface area contributed by atoms with Crippen molar-refractivity contribution in [1.29, 1.82) is 0 Å². The summed E-state index contributed by atoms with van der Waals surface area (Å²) in [6.45, 7) is 4.67. The van der Waals surface area contributed by atoms with Crippen molar-refractivity contribution in [3.8, 4) is 5.75 Å². The maximum atomic E-state index is 15.2. The molecule has 10 heteroatoms. The van der Waals surface area contributed by atoms with Crippen molar-refractivity contribution in [2.75, 3.05) is 51.8 Å². The molecule has 0 saturated carbocycles. The van der Waals surface area contributed by atoms with Crippen LogP contribution < -0.4 is 15.4 Å². The number of amides is 1. The number of ether oxygens (including phenoxy) is 2. The first-order valence-electron chi connectivity index (χ1n) is 14.4. The molecule has 0 spiro atoms. The monoisotopic (exact) mass is 580 g/mol. The second-order valence-electron chi connectivity index (χ2n) is 10.4. The van der Waals surface area contributed by atoms with E-state index < -0.39 is 0 Å². The Hall–Kier alpha value is -4.67. The van der Waals surface area contributed by atoms with Crippen molar-refractivity contribution in [1.82, 2.24) is 20.2 Å². The van der Waals surface area contributed by atoms with Crippen LogP contribution >= 0.6 is 0 Å². The molecule has 1 aromatic heterocycles. The molecule has 1 saturated heterocycles. The van der Waals surface area contributed by atoms with E-state index in [4.69, 9.17) is 14.5 Å². The summed E-state index contributed by atoms with van der Waals surface area (Å²) in [5, 5.41) is 6.23. The third-order valence-electron chi connectivity index (χ3n) is 7.60. The van der Waals surface area contributed by atoms with Crippen LogP contribution in [0.25, 0.3) is 11.1 Å². The van der Waals surface area contributed by atoms with Gasteiger partial charge < -0.3 is 20.1 Å². The highest BCUT2D eigenvalue weighted by atomic mass is 19.1. The van der Waals surface area contributed by atoms with Crippen molar-refractivity contribution in [2.45, 2.75) is 12.8 Å². The minimum Gasteiger partial charge on any atom is -0.497 e. The number of methoxy groups -OCH3 is 1. The second kappa shape index (κ2) is 13.1. The molecule has 3 heterocycles. The average Bonchev–Trinajstić information content (AvgIpc) is 3.24. The van der Waals surface area contributed by atoms with Gasteiger partial charge in [0.1, 0.15) is 17.3 Å². The molecule has 0 radical (unpaired) electrons. The molecule has 0 atom stereocenters. The van der Waals surface area contributed by atoms with Crippen LogP contribution in [0.4, 0.5) is 16.0 Å². The Morgan fingerprint density at radius 2 is 1.95 bits per heavy atom. The Balaban J connectivity index is 1.29. The highest BCUT2D eigenvalue weighted by molar-refractivity contribution is 6.45. The lowest BCUT2D eigenvalue weighted by Gasteiger charge is -2.26. The zero-order valence-electron chi connectivity index (χ0n) is 24.0. The molecule has 6 rings (SSSR count). The molecular formula is C33H33FN6O3. The van der Waals surface area contributed by atoms with Crippen LogP contribution in [0.3, 0.4) is 0 Å². The van der Waals surface area contributed by atoms with Crippen LogP contribution in [-0.4, -0.2) is 73.0 Å². The molecule has 1 amide bonds. The molecule has 220 valence electrons. The van der Waals surface area contributed by atoms with Crippen molar-refractivity contribution in [3.05, 3.63) is 101 Å². The van der Waals surface area contributed by atoms with E-state index in [0.29, 0.717) is 47.1 Å². The van der Waals surface area contributed by atoms with Gasteiger partial charge in [-0.15, -0.1) is 0 Å². The fourth-order valence-electron chi connectivity index (χ4n) is 5.35. The first-order chi connectivity index (χ1) is 21.1. The number of nitrogens with one attached hydrogen (secondary N) is 2. The van der Waals surface area contributed by atoms with E-state index in [1.165, 1.54) is 6.07 Å². The van der Waals surface area contributed by atoms with Crippen LogP contribution in [-0.2, 0) is 16.0 Å². The summed E-state index contributed by atoms with van der Waals surface area (Å²) in [5.41, 5.74) is 5.00. The number of halogens is 1. The average molecular weight is 581 g/mol. The number of morpholine rings is 1. The molecule has 43 heavy (non-hydrogen) atoms. The molecule has 0 unspecified atom stereocenters. The number of benzene rings is 2. The van der Waals surface area contributed by atoms with Gasteiger partial charge in [-0.05, 0) is 54.8 Å². The van der Waals surface area contributed by atoms with Gasteiger partial charge in [-0.25, -0.2) is 14.4 Å². The van der Waals surface area contributed by atoms with Gasteiger partial charge in [0.25, 0.3) is 5.91 Å². The van der Waals surface area contributed by atoms with Gasteiger partial charge in [0.2, 0.25) is 5.95 Å². The van der Waals surface area contributed by atoms with Crippen molar-refractivity contribution in [2.24, 2.45) is 4.99 Å². The molecule has 2 aromatic carbocycles. The van der Waals surface area contributed by atoms with Gasteiger partial charge in [0, 0.05) is 60.5 Å². The summed E-state index contributed by atoms with van der Waals surface area (Å²) in [6, 6.07) is 14.1. The lowest BCUT2D eigenvalue weighted by molar-refractivity contribution is -0.114. The van der Waals surface area contributed by atoms with Crippen molar-refractivity contribution >= 4 is 34.4 Å². The number of hydrogen-bond donors (Lipinski definition) is 2. The maximum Gasteiger partial charge on any atom is 0.269 e. The molecule has 2 N–H and O–H groups in total. The Kier molecular flexibility index (Phi) is 8.67. The Morgan fingerprint density at radius 1 is 1.09 bits per heavy atom. The van der Waals surface area contributed by atoms with Crippen LogP contribution in [0.1, 0.15) is 23.2 Å². The van der Waals surface area contributed by atoms with E-state index in [9.17, 15) is 4.79 Å². The third kappa shape index (κ3) is 6.55. The number of carbonyl (C=O) groups excluding carboxylic acids is 1. The topological polar surface area (TPSA) is 101 Å². The smallest absolute Gasteiger partial charge is 0.269 e. The maximum absolute atomic E-state index is 15.2. The number of carbonyl (C=O) groups is 1. The zero-order chi connectivity index (χ0) is 29.6. The van der Waals surface area contributed by atoms with Crippen LogP contribution in [0.15, 0.2) is 83.6 Å². The molecule has 1 fully saturated rings. The number of aromatic nitrogens is 2. The number of aliphatic imine (C=N–C) groups is 1. The van der Waals surface area contributed by atoms with E-state index >= 15 is 4.39 Å². The third-order valence-corrected chi connectivity index (χ3v) is 7.60. The molecule has 0 bridgehead atoms. The largest absolute Gasteiger partial charge is 0.497 e. The predicted octanol–water partition coefficient (Wildman–Crippen LogP) is 4.57. The van der Waals surface area contributed by atoms with Crippen LogP contribution in [0.5, 0.6) is 5.75 Å². The second-order valence-corrected chi connectivity index (χ2v) is 10.4. The Bertz CT molecular complexity index is 1640. The standard InChI is InChI=1S/C33H33FN6O3/c1-42-24-7-4-6-23(18-24)38-33-37-20-22-10-11-25-27(26-8-2-3-9-29(26)34)19-30(36-21-28(25)31(22)39-33)32(41)35-12-5-13-40-14-16-43-17-15-40/h2-4,6-9,11,18-21H,5,10,12-17H2,1H3,(H,35,41)(H,37,38,39). The lowest BCUT2D eigenvalue weighted by atomic mass is 9.84. The molecule has 1 aliphatic carbocycles. The van der Waals surface area contributed by atoms with Crippen molar-refractivity contribution in [3.63, 3.8) is 0 Å². The SMILES string of the molecule is COc1cccc(Nc2ncc3c(n2)C2=CN=C(C(=O)NCCCN4CCOCC4)C=C(c4ccccc4F)C2=CC3)c1.